The van der Waals surface area contributed by atoms with Crippen molar-refractivity contribution in [1.82, 2.24) is 4.72 Å². The van der Waals surface area contributed by atoms with E-state index in [2.05, 4.69) is 13.8 Å². The lowest BCUT2D eigenvalue weighted by Crippen LogP contribution is -2.40. The summed E-state index contributed by atoms with van der Waals surface area (Å²) in [5.74, 6) is 0.316. The maximum Gasteiger partial charge on any atom is 0.272 e. The highest BCUT2D eigenvalue weighted by Crippen LogP contribution is 2.45. The minimum absolute atomic E-state index is 0.00280. The minimum Gasteiger partial charge on any atom is -0.542 e. The summed E-state index contributed by atoms with van der Waals surface area (Å²) in [6, 6.07) is 0. The molecule has 2 aliphatic rings. The van der Waals surface area contributed by atoms with Crippen molar-refractivity contribution in [1.29, 1.82) is 0 Å². The number of hydrogen-bond donors (Lipinski definition) is 2. The first kappa shape index (κ1) is 14.4. The van der Waals surface area contributed by atoms with E-state index in [1.165, 1.54) is 0 Å². The lowest BCUT2D eigenvalue weighted by molar-refractivity contribution is -0.0597. The van der Waals surface area contributed by atoms with Crippen molar-refractivity contribution >= 4 is 19.9 Å². The van der Waals surface area contributed by atoms with Crippen molar-refractivity contribution in [2.24, 2.45) is 17.8 Å². The molecule has 2 aliphatic heterocycles. The van der Waals surface area contributed by atoms with Gasteiger partial charge < -0.3 is 14.6 Å². The second-order valence-corrected chi connectivity index (χ2v) is 7.57. The third kappa shape index (κ3) is 3.11. The first-order valence-corrected chi connectivity index (χ1v) is 8.37. The SMILES string of the molecule is CC(C)C1CC[C@H]2[CH+]C([C-](O)NS(=O)(=O)Cl)[C@@H]1O2. The van der Waals surface area contributed by atoms with Gasteiger partial charge in [-0.05, 0) is 18.3 Å². The van der Waals surface area contributed by atoms with Crippen LogP contribution in [0.25, 0.3) is 0 Å². The summed E-state index contributed by atoms with van der Waals surface area (Å²) in [6.45, 7) is 4.21. The van der Waals surface area contributed by atoms with E-state index in [-0.39, 0.29) is 18.4 Å². The average molecular weight is 296 g/mol. The molecule has 2 unspecified atom stereocenters. The molecule has 2 N–H and O–H groups in total. The number of nitrogens with one attached hydrogen (secondary N) is 1. The molecular formula is C11H18ClNO4S. The second kappa shape index (κ2) is 5.17. The fraction of sp³-hybridized carbons (Fsp3) is 0.818. The van der Waals surface area contributed by atoms with E-state index < -0.39 is 15.2 Å². The van der Waals surface area contributed by atoms with E-state index in [1.54, 1.807) is 0 Å². The van der Waals surface area contributed by atoms with E-state index in [9.17, 15) is 13.5 Å². The lowest BCUT2D eigenvalue weighted by atomic mass is 9.81. The molecule has 2 heterocycles. The second-order valence-electron chi connectivity index (χ2n) is 5.27. The summed E-state index contributed by atoms with van der Waals surface area (Å²) in [6.07, 6.45) is 3.28. The lowest BCUT2D eigenvalue weighted by Gasteiger charge is -2.36. The van der Waals surface area contributed by atoms with E-state index in [1.807, 2.05) is 11.1 Å². The summed E-state index contributed by atoms with van der Waals surface area (Å²) in [5, 5.41) is 9.86. The third-order valence-corrected chi connectivity index (χ3v) is 4.40. The Bertz CT molecular complexity index is 400. The average Bonchev–Trinajstić information content (AvgIpc) is 2.53. The van der Waals surface area contributed by atoms with E-state index in [0.29, 0.717) is 11.8 Å². The molecule has 7 heteroatoms. The molecule has 0 aromatic rings. The number of aliphatic hydroxyl groups excluding tert-OH is 1. The van der Waals surface area contributed by atoms with E-state index in [4.69, 9.17) is 15.4 Å². The predicted molar refractivity (Wildman–Crippen MR) is 67.1 cm³/mol. The Labute approximate surface area is 112 Å². The molecule has 0 radical (unpaired) electrons. The molecule has 5 nitrogen and oxygen atoms in total. The van der Waals surface area contributed by atoms with E-state index in [0.717, 1.165) is 12.8 Å². The van der Waals surface area contributed by atoms with Crippen molar-refractivity contribution in [2.45, 2.75) is 38.9 Å². The molecular weight excluding hydrogens is 278 g/mol. The standard InChI is InChI=1S/C11H18ClNO4S/c1-6(2)8-4-3-7-5-9(10(8)17-7)11(14)13-18(12,15)16/h5-10,13-14H,3-4H2,1-2H3/t7-,8?,9?,10+/m0/s1. The highest BCUT2D eigenvalue weighted by Gasteiger charge is 2.49. The fourth-order valence-corrected chi connectivity index (χ4v) is 3.50. The molecule has 0 aromatic heterocycles. The number of aliphatic hydroxyl groups is 1. The largest absolute Gasteiger partial charge is 0.542 e. The molecule has 2 fully saturated rings. The van der Waals surface area contributed by atoms with Gasteiger partial charge in [0, 0.05) is 23.0 Å². The van der Waals surface area contributed by atoms with Crippen molar-refractivity contribution in [3.05, 3.63) is 12.6 Å². The molecule has 2 rings (SSSR count). The summed E-state index contributed by atoms with van der Waals surface area (Å²) in [5.41, 5.74) is 0. The van der Waals surface area contributed by atoms with Gasteiger partial charge in [0.05, 0.1) is 12.5 Å². The van der Waals surface area contributed by atoms with Crippen LogP contribution in [0.5, 0.6) is 0 Å². The highest BCUT2D eigenvalue weighted by atomic mass is 35.7. The van der Waals surface area contributed by atoms with Crippen molar-refractivity contribution < 1.29 is 18.3 Å². The Hall–Kier alpha value is -0.0100. The van der Waals surface area contributed by atoms with Gasteiger partial charge in [-0.25, -0.2) is 0 Å². The van der Waals surface area contributed by atoms with Gasteiger partial charge in [-0.1, -0.05) is 20.1 Å². The van der Waals surface area contributed by atoms with Gasteiger partial charge in [-0.15, -0.1) is 0 Å². The van der Waals surface area contributed by atoms with Crippen LogP contribution in [0.15, 0.2) is 0 Å². The molecule has 0 saturated carbocycles. The highest BCUT2D eigenvalue weighted by molar-refractivity contribution is 8.12. The summed E-state index contributed by atoms with van der Waals surface area (Å²) in [4.78, 5) is 0. The number of halogens is 1. The topological polar surface area (TPSA) is 75.6 Å². The first-order valence-electron chi connectivity index (χ1n) is 6.06. The number of hydrogen-bond acceptors (Lipinski definition) is 4. The third-order valence-electron chi connectivity index (χ3n) is 3.71. The number of fused-ring (bicyclic) bond motifs is 2. The zero-order valence-corrected chi connectivity index (χ0v) is 11.9. The van der Waals surface area contributed by atoms with Crippen LogP contribution in [0.2, 0.25) is 0 Å². The van der Waals surface area contributed by atoms with Gasteiger partial charge in [0.2, 0.25) is 0 Å². The predicted octanol–water partition coefficient (Wildman–Crippen LogP) is 1.58. The van der Waals surface area contributed by atoms with Crippen LogP contribution in [0.1, 0.15) is 26.7 Å². The van der Waals surface area contributed by atoms with Crippen LogP contribution in [0.3, 0.4) is 0 Å². The van der Waals surface area contributed by atoms with Crippen LogP contribution in [-0.4, -0.2) is 25.7 Å². The maximum absolute atomic E-state index is 10.9. The Kier molecular flexibility index (Phi) is 4.14. The number of ether oxygens (including phenoxy) is 1. The molecule has 2 saturated heterocycles. The Morgan fingerprint density at radius 3 is 2.72 bits per heavy atom. The van der Waals surface area contributed by atoms with Crippen molar-refractivity contribution in [3.8, 4) is 0 Å². The summed E-state index contributed by atoms with van der Waals surface area (Å²) in [7, 11) is 1.11. The van der Waals surface area contributed by atoms with Gasteiger partial charge in [0.1, 0.15) is 0 Å². The van der Waals surface area contributed by atoms with Gasteiger partial charge in [-0.3, -0.25) is 0 Å². The van der Waals surface area contributed by atoms with Crippen LogP contribution >= 0.6 is 10.7 Å². The minimum atomic E-state index is -3.97. The first-order chi connectivity index (χ1) is 8.28. The monoisotopic (exact) mass is 295 g/mol. The van der Waals surface area contributed by atoms with Gasteiger partial charge >= 0.3 is 0 Å². The molecule has 104 valence electrons. The smallest absolute Gasteiger partial charge is 0.272 e. The normalized spacial score (nSPS) is 36.1. The molecule has 0 amide bonds. The van der Waals surface area contributed by atoms with Crippen LogP contribution in [0.4, 0.5) is 0 Å². The van der Waals surface area contributed by atoms with Gasteiger partial charge in [0.15, 0.2) is 6.10 Å². The number of rotatable bonds is 4. The molecule has 0 aromatic carbocycles. The molecule has 0 spiro atoms. The molecule has 0 aliphatic carbocycles. The Morgan fingerprint density at radius 2 is 2.17 bits per heavy atom. The quantitative estimate of drug-likeness (QED) is 0.610. The zero-order valence-electron chi connectivity index (χ0n) is 10.3. The van der Waals surface area contributed by atoms with Crippen LogP contribution in [-0.2, 0) is 14.0 Å². The summed E-state index contributed by atoms with van der Waals surface area (Å²) < 4.78 is 29.6. The van der Waals surface area contributed by atoms with Gasteiger partial charge in [-0.2, -0.15) is 8.42 Å². The van der Waals surface area contributed by atoms with Gasteiger partial charge in [0.25, 0.3) is 9.24 Å². The fourth-order valence-electron chi connectivity index (χ4n) is 2.88. The van der Waals surface area contributed by atoms with Crippen molar-refractivity contribution in [3.63, 3.8) is 0 Å². The zero-order chi connectivity index (χ0) is 13.5. The van der Waals surface area contributed by atoms with Crippen molar-refractivity contribution in [2.75, 3.05) is 0 Å². The molecule has 4 atom stereocenters. The summed E-state index contributed by atoms with van der Waals surface area (Å²) >= 11 is 0. The Balaban J connectivity index is 2.09. The maximum atomic E-state index is 10.9. The molecule has 18 heavy (non-hydrogen) atoms. The van der Waals surface area contributed by atoms with E-state index >= 15 is 0 Å². The Morgan fingerprint density at radius 1 is 1.50 bits per heavy atom. The van der Waals surface area contributed by atoms with Crippen LogP contribution in [0, 0.1) is 30.4 Å². The van der Waals surface area contributed by atoms with Crippen LogP contribution < -0.4 is 4.72 Å². The molecule has 2 bridgehead atoms.